The van der Waals surface area contributed by atoms with Gasteiger partial charge in [-0.1, -0.05) is 30.3 Å². The zero-order valence-corrected chi connectivity index (χ0v) is 14.0. The van der Waals surface area contributed by atoms with E-state index in [1.807, 2.05) is 37.4 Å². The van der Waals surface area contributed by atoms with Gasteiger partial charge in [0.25, 0.3) is 5.91 Å². The molecule has 0 aliphatic heterocycles. The van der Waals surface area contributed by atoms with E-state index in [0.717, 1.165) is 16.8 Å². The standard InChI is InChI=1S/C18H20N4O2/c1-12(14-6-4-5-7-17(14)24-3)11-19-18(23)13-8-9-16-15(10-13)20-21-22(16)2/h4-10,12H,11H2,1-3H3,(H,19,23)/t12-/m0/s1. The van der Waals surface area contributed by atoms with E-state index >= 15 is 0 Å². The number of fused-ring (bicyclic) bond motifs is 1. The largest absolute Gasteiger partial charge is 0.496 e. The molecule has 0 spiro atoms. The lowest BCUT2D eigenvalue weighted by atomic mass is 10.00. The van der Waals surface area contributed by atoms with E-state index in [4.69, 9.17) is 4.74 Å². The predicted molar refractivity (Wildman–Crippen MR) is 92.3 cm³/mol. The Morgan fingerprint density at radius 1 is 1.29 bits per heavy atom. The van der Waals surface area contributed by atoms with Crippen molar-refractivity contribution in [1.82, 2.24) is 20.3 Å². The number of hydrogen-bond donors (Lipinski definition) is 1. The summed E-state index contributed by atoms with van der Waals surface area (Å²) >= 11 is 0. The summed E-state index contributed by atoms with van der Waals surface area (Å²) in [6.07, 6.45) is 0. The van der Waals surface area contributed by atoms with Crippen molar-refractivity contribution < 1.29 is 9.53 Å². The van der Waals surface area contributed by atoms with Gasteiger partial charge in [0.15, 0.2) is 0 Å². The SMILES string of the molecule is COc1ccccc1[C@@H](C)CNC(=O)c1ccc2c(c1)nnn2C. The van der Waals surface area contributed by atoms with Crippen LogP contribution in [0.1, 0.15) is 28.8 Å². The number of carbonyl (C=O) groups is 1. The molecule has 1 heterocycles. The Balaban J connectivity index is 1.69. The lowest BCUT2D eigenvalue weighted by Crippen LogP contribution is -2.27. The van der Waals surface area contributed by atoms with Crippen molar-refractivity contribution in [2.75, 3.05) is 13.7 Å². The van der Waals surface area contributed by atoms with Crippen molar-refractivity contribution >= 4 is 16.9 Å². The number of aromatic nitrogens is 3. The van der Waals surface area contributed by atoms with Crippen LogP contribution in [-0.4, -0.2) is 34.6 Å². The highest BCUT2D eigenvalue weighted by Crippen LogP contribution is 2.25. The summed E-state index contributed by atoms with van der Waals surface area (Å²) in [5.74, 6) is 0.856. The van der Waals surface area contributed by atoms with Crippen molar-refractivity contribution in [2.24, 2.45) is 7.05 Å². The highest BCUT2D eigenvalue weighted by Gasteiger charge is 2.14. The van der Waals surface area contributed by atoms with Crippen molar-refractivity contribution in [2.45, 2.75) is 12.8 Å². The first-order valence-corrected chi connectivity index (χ1v) is 7.80. The maximum Gasteiger partial charge on any atom is 0.251 e. The molecule has 3 rings (SSSR count). The van der Waals surface area contributed by atoms with Crippen LogP contribution in [0.4, 0.5) is 0 Å². The number of para-hydroxylation sites is 1. The molecule has 3 aromatic rings. The second kappa shape index (κ2) is 6.70. The maximum absolute atomic E-state index is 12.4. The van der Waals surface area contributed by atoms with Crippen LogP contribution in [0.2, 0.25) is 0 Å². The number of nitrogens with zero attached hydrogens (tertiary/aromatic N) is 3. The minimum absolute atomic E-state index is 0.121. The fourth-order valence-corrected chi connectivity index (χ4v) is 2.71. The van der Waals surface area contributed by atoms with Crippen LogP contribution in [0, 0.1) is 0 Å². The van der Waals surface area contributed by atoms with Gasteiger partial charge in [-0.2, -0.15) is 0 Å². The van der Waals surface area contributed by atoms with E-state index in [1.54, 1.807) is 23.9 Å². The van der Waals surface area contributed by atoms with Crippen molar-refractivity contribution in [3.05, 3.63) is 53.6 Å². The molecule has 1 atom stereocenters. The average Bonchev–Trinajstić information content (AvgIpc) is 2.99. The number of ether oxygens (including phenoxy) is 1. The van der Waals surface area contributed by atoms with Crippen LogP contribution in [-0.2, 0) is 7.05 Å². The molecule has 0 aliphatic rings. The van der Waals surface area contributed by atoms with Gasteiger partial charge in [0, 0.05) is 25.1 Å². The number of methoxy groups -OCH3 is 1. The van der Waals surface area contributed by atoms with E-state index in [1.165, 1.54) is 0 Å². The van der Waals surface area contributed by atoms with Gasteiger partial charge >= 0.3 is 0 Å². The van der Waals surface area contributed by atoms with Crippen LogP contribution >= 0.6 is 0 Å². The number of benzene rings is 2. The Bertz CT molecular complexity index is 872. The highest BCUT2D eigenvalue weighted by atomic mass is 16.5. The third-order valence-electron chi connectivity index (χ3n) is 4.11. The summed E-state index contributed by atoms with van der Waals surface area (Å²) in [5, 5.41) is 11.0. The monoisotopic (exact) mass is 324 g/mol. The van der Waals surface area contributed by atoms with Crippen molar-refractivity contribution in [3.63, 3.8) is 0 Å². The molecule has 0 bridgehead atoms. The molecule has 0 fully saturated rings. The van der Waals surface area contributed by atoms with Gasteiger partial charge in [-0.05, 0) is 29.8 Å². The Labute approximate surface area is 140 Å². The lowest BCUT2D eigenvalue weighted by molar-refractivity contribution is 0.0951. The fourth-order valence-electron chi connectivity index (χ4n) is 2.71. The van der Waals surface area contributed by atoms with E-state index in [0.29, 0.717) is 17.6 Å². The van der Waals surface area contributed by atoms with E-state index in [-0.39, 0.29) is 11.8 Å². The molecule has 0 radical (unpaired) electrons. The predicted octanol–water partition coefficient (Wildman–Crippen LogP) is 2.51. The highest BCUT2D eigenvalue weighted by molar-refractivity contribution is 5.97. The van der Waals surface area contributed by atoms with E-state index < -0.39 is 0 Å². The van der Waals surface area contributed by atoms with Crippen LogP contribution in [0.15, 0.2) is 42.5 Å². The van der Waals surface area contributed by atoms with Gasteiger partial charge < -0.3 is 10.1 Å². The van der Waals surface area contributed by atoms with Crippen molar-refractivity contribution in [1.29, 1.82) is 0 Å². The average molecular weight is 324 g/mol. The molecule has 2 aromatic carbocycles. The number of hydrogen-bond acceptors (Lipinski definition) is 4. The van der Waals surface area contributed by atoms with Crippen LogP contribution in [0.5, 0.6) is 5.75 Å². The minimum Gasteiger partial charge on any atom is -0.496 e. The number of nitrogens with one attached hydrogen (secondary N) is 1. The number of aryl methyl sites for hydroxylation is 1. The first-order valence-electron chi connectivity index (χ1n) is 7.80. The molecule has 1 aromatic heterocycles. The Morgan fingerprint density at radius 3 is 2.88 bits per heavy atom. The van der Waals surface area contributed by atoms with Gasteiger partial charge in [-0.15, -0.1) is 5.10 Å². The quantitative estimate of drug-likeness (QED) is 0.783. The molecule has 0 saturated carbocycles. The maximum atomic E-state index is 12.4. The topological polar surface area (TPSA) is 69.0 Å². The molecule has 1 amide bonds. The third-order valence-corrected chi connectivity index (χ3v) is 4.11. The van der Waals surface area contributed by atoms with Crippen LogP contribution in [0.3, 0.4) is 0 Å². The first-order chi connectivity index (χ1) is 11.6. The first kappa shape index (κ1) is 16.0. The zero-order valence-electron chi connectivity index (χ0n) is 14.0. The summed E-state index contributed by atoms with van der Waals surface area (Å²) in [4.78, 5) is 12.4. The van der Waals surface area contributed by atoms with Gasteiger partial charge in [0.05, 0.1) is 12.6 Å². The minimum atomic E-state index is -0.121. The second-order valence-electron chi connectivity index (χ2n) is 5.77. The smallest absolute Gasteiger partial charge is 0.251 e. The number of rotatable bonds is 5. The van der Waals surface area contributed by atoms with Gasteiger partial charge in [-0.25, -0.2) is 4.68 Å². The summed E-state index contributed by atoms with van der Waals surface area (Å²) in [6.45, 7) is 2.59. The summed E-state index contributed by atoms with van der Waals surface area (Å²) in [7, 11) is 3.48. The molecule has 0 saturated heterocycles. The molecule has 0 aliphatic carbocycles. The number of carbonyl (C=O) groups excluding carboxylic acids is 1. The molecular weight excluding hydrogens is 304 g/mol. The summed E-state index contributed by atoms with van der Waals surface area (Å²) in [6, 6.07) is 13.2. The summed E-state index contributed by atoms with van der Waals surface area (Å²) < 4.78 is 7.06. The van der Waals surface area contributed by atoms with Gasteiger partial charge in [0.1, 0.15) is 11.3 Å². The molecule has 6 nitrogen and oxygen atoms in total. The third kappa shape index (κ3) is 3.08. The summed E-state index contributed by atoms with van der Waals surface area (Å²) in [5.41, 5.74) is 3.26. The number of amides is 1. The van der Waals surface area contributed by atoms with Crippen molar-refractivity contribution in [3.8, 4) is 5.75 Å². The van der Waals surface area contributed by atoms with E-state index in [2.05, 4.69) is 22.6 Å². The Morgan fingerprint density at radius 2 is 2.08 bits per heavy atom. The zero-order chi connectivity index (χ0) is 17.1. The van der Waals surface area contributed by atoms with Crippen LogP contribution < -0.4 is 10.1 Å². The lowest BCUT2D eigenvalue weighted by Gasteiger charge is -2.16. The van der Waals surface area contributed by atoms with Crippen LogP contribution in [0.25, 0.3) is 11.0 Å². The van der Waals surface area contributed by atoms with E-state index in [9.17, 15) is 4.79 Å². The fraction of sp³-hybridized carbons (Fsp3) is 0.278. The molecule has 0 unspecified atom stereocenters. The molecule has 6 heteroatoms. The Hall–Kier alpha value is -2.89. The second-order valence-corrected chi connectivity index (χ2v) is 5.77. The molecular formula is C18H20N4O2. The molecule has 24 heavy (non-hydrogen) atoms. The normalized spacial score (nSPS) is 12.1. The Kier molecular flexibility index (Phi) is 4.46. The van der Waals surface area contributed by atoms with Gasteiger partial charge in [0.2, 0.25) is 0 Å². The van der Waals surface area contributed by atoms with Gasteiger partial charge in [-0.3, -0.25) is 4.79 Å². The molecule has 1 N–H and O–H groups in total. The molecule has 124 valence electrons.